The number of rotatable bonds is 2. The third-order valence-corrected chi connectivity index (χ3v) is 3.77. The second kappa shape index (κ2) is 3.41. The average molecular weight is 246 g/mol. The number of ether oxygens (including phenoxy) is 1. The van der Waals surface area contributed by atoms with Gasteiger partial charge in [0.25, 0.3) is 0 Å². The summed E-state index contributed by atoms with van der Waals surface area (Å²) in [5.41, 5.74) is 2.34. The Labute approximate surface area is 103 Å². The van der Waals surface area contributed by atoms with Crippen LogP contribution in [0.15, 0.2) is 11.0 Å². The Kier molecular flexibility index (Phi) is 1.94. The van der Waals surface area contributed by atoms with Crippen molar-refractivity contribution in [3.8, 4) is 0 Å². The van der Waals surface area contributed by atoms with E-state index in [-0.39, 0.29) is 11.7 Å². The van der Waals surface area contributed by atoms with Crippen molar-refractivity contribution in [2.45, 2.75) is 24.8 Å². The molecule has 1 aliphatic heterocycles. The number of aromatic nitrogens is 4. The molecule has 0 radical (unpaired) electrons. The van der Waals surface area contributed by atoms with Crippen LogP contribution in [0.5, 0.6) is 0 Å². The van der Waals surface area contributed by atoms with Crippen LogP contribution in [0.3, 0.4) is 0 Å². The molecule has 2 fully saturated rings. The Morgan fingerprint density at radius 1 is 1.33 bits per heavy atom. The lowest BCUT2D eigenvalue weighted by molar-refractivity contribution is -0.0233. The fraction of sp³-hybridized carbons (Fsp3) is 0.583. The number of fused-ring (bicyclic) bond motifs is 1. The summed E-state index contributed by atoms with van der Waals surface area (Å²) < 4.78 is 8.46. The SMILES string of the molecule is Cn1c(=O)n(C2COC2)c2ncc(C3CC3)nc21. The minimum Gasteiger partial charge on any atom is -0.377 e. The van der Waals surface area contributed by atoms with Crippen LogP contribution < -0.4 is 5.69 Å². The minimum absolute atomic E-state index is 0.0498. The summed E-state index contributed by atoms with van der Waals surface area (Å²) in [6.07, 6.45) is 4.19. The van der Waals surface area contributed by atoms with Gasteiger partial charge in [-0.05, 0) is 12.8 Å². The molecular weight excluding hydrogens is 232 g/mol. The first-order chi connectivity index (χ1) is 8.75. The predicted molar refractivity (Wildman–Crippen MR) is 64.6 cm³/mol. The van der Waals surface area contributed by atoms with Gasteiger partial charge in [-0.2, -0.15) is 0 Å². The molecule has 0 atom stereocenters. The van der Waals surface area contributed by atoms with E-state index < -0.39 is 0 Å². The molecule has 2 aliphatic rings. The summed E-state index contributed by atoms with van der Waals surface area (Å²) in [5.74, 6) is 0.549. The van der Waals surface area contributed by atoms with Gasteiger partial charge in [0.05, 0.1) is 31.1 Å². The fourth-order valence-corrected chi connectivity index (χ4v) is 2.40. The monoisotopic (exact) mass is 246 g/mol. The van der Waals surface area contributed by atoms with E-state index in [1.165, 1.54) is 12.8 Å². The summed E-state index contributed by atoms with van der Waals surface area (Å²) in [5, 5.41) is 0. The molecular formula is C12H14N4O2. The summed E-state index contributed by atoms with van der Waals surface area (Å²) in [6, 6.07) is 0.113. The molecule has 1 aliphatic carbocycles. The van der Waals surface area contributed by atoms with Gasteiger partial charge in [0.15, 0.2) is 11.3 Å². The number of aryl methyl sites for hydroxylation is 1. The molecule has 0 N–H and O–H groups in total. The third kappa shape index (κ3) is 1.29. The van der Waals surface area contributed by atoms with Crippen LogP contribution in [0.2, 0.25) is 0 Å². The zero-order chi connectivity index (χ0) is 12.3. The standard InChI is InChI=1S/C12H14N4O2/c1-15-11-10(13-4-9(14-11)7-2-3-7)16(12(15)17)8-5-18-6-8/h4,7-8H,2-3,5-6H2,1H3. The first-order valence-electron chi connectivity index (χ1n) is 6.27. The van der Waals surface area contributed by atoms with Crippen molar-refractivity contribution in [2.75, 3.05) is 13.2 Å². The molecule has 0 aromatic carbocycles. The number of imidazole rings is 1. The Bertz CT molecular complexity index is 679. The molecule has 0 spiro atoms. The fourth-order valence-electron chi connectivity index (χ4n) is 2.40. The highest BCUT2D eigenvalue weighted by Gasteiger charge is 2.29. The zero-order valence-electron chi connectivity index (χ0n) is 10.2. The van der Waals surface area contributed by atoms with E-state index in [2.05, 4.69) is 9.97 Å². The van der Waals surface area contributed by atoms with Crippen molar-refractivity contribution in [3.63, 3.8) is 0 Å². The quantitative estimate of drug-likeness (QED) is 0.777. The molecule has 0 amide bonds. The van der Waals surface area contributed by atoms with Crippen LogP contribution >= 0.6 is 0 Å². The van der Waals surface area contributed by atoms with E-state index >= 15 is 0 Å². The van der Waals surface area contributed by atoms with Gasteiger partial charge in [-0.15, -0.1) is 0 Å². The Morgan fingerprint density at radius 3 is 2.72 bits per heavy atom. The van der Waals surface area contributed by atoms with Gasteiger partial charge < -0.3 is 4.74 Å². The van der Waals surface area contributed by atoms with Gasteiger partial charge in [-0.25, -0.2) is 14.8 Å². The minimum atomic E-state index is -0.0498. The van der Waals surface area contributed by atoms with Gasteiger partial charge in [0.1, 0.15) is 0 Å². The van der Waals surface area contributed by atoms with E-state index in [4.69, 9.17) is 4.74 Å². The maximum absolute atomic E-state index is 12.2. The lowest BCUT2D eigenvalue weighted by Gasteiger charge is -2.26. The van der Waals surface area contributed by atoms with Crippen LogP contribution in [0, 0.1) is 0 Å². The highest BCUT2D eigenvalue weighted by atomic mass is 16.5. The van der Waals surface area contributed by atoms with E-state index in [0.29, 0.717) is 30.4 Å². The van der Waals surface area contributed by atoms with Crippen molar-refractivity contribution in [2.24, 2.45) is 7.05 Å². The summed E-state index contributed by atoms with van der Waals surface area (Å²) in [7, 11) is 1.76. The molecule has 18 heavy (non-hydrogen) atoms. The zero-order valence-corrected chi connectivity index (χ0v) is 10.2. The molecule has 0 bridgehead atoms. The molecule has 3 heterocycles. The Balaban J connectivity index is 1.95. The molecule has 4 rings (SSSR count). The van der Waals surface area contributed by atoms with Crippen molar-refractivity contribution < 1.29 is 4.74 Å². The first-order valence-corrected chi connectivity index (χ1v) is 6.27. The van der Waals surface area contributed by atoms with Crippen molar-refractivity contribution in [1.29, 1.82) is 0 Å². The third-order valence-electron chi connectivity index (χ3n) is 3.77. The molecule has 2 aromatic heterocycles. The normalized spacial score (nSPS) is 20.3. The van der Waals surface area contributed by atoms with Crippen LogP contribution in [0.25, 0.3) is 11.3 Å². The summed E-state index contributed by atoms with van der Waals surface area (Å²) in [6.45, 7) is 1.18. The molecule has 0 unspecified atom stereocenters. The topological polar surface area (TPSA) is 61.9 Å². The van der Waals surface area contributed by atoms with Crippen LogP contribution in [-0.4, -0.2) is 32.3 Å². The Hall–Kier alpha value is -1.69. The van der Waals surface area contributed by atoms with Crippen molar-refractivity contribution >= 4 is 11.3 Å². The summed E-state index contributed by atoms with van der Waals surface area (Å²) in [4.78, 5) is 21.3. The van der Waals surface area contributed by atoms with Crippen LogP contribution in [0.1, 0.15) is 30.5 Å². The molecule has 1 saturated heterocycles. The van der Waals surface area contributed by atoms with E-state index in [0.717, 1.165) is 5.69 Å². The molecule has 2 aromatic rings. The highest BCUT2D eigenvalue weighted by molar-refractivity contribution is 5.66. The molecule has 1 saturated carbocycles. The average Bonchev–Trinajstić information content (AvgIpc) is 3.12. The van der Waals surface area contributed by atoms with Gasteiger partial charge in [-0.3, -0.25) is 9.13 Å². The van der Waals surface area contributed by atoms with Crippen LogP contribution in [0.4, 0.5) is 0 Å². The number of nitrogens with zero attached hydrogens (tertiary/aromatic N) is 4. The maximum Gasteiger partial charge on any atom is 0.331 e. The van der Waals surface area contributed by atoms with E-state index in [1.807, 2.05) is 6.20 Å². The lowest BCUT2D eigenvalue weighted by atomic mass is 10.2. The number of hydrogen-bond acceptors (Lipinski definition) is 4. The van der Waals surface area contributed by atoms with E-state index in [1.54, 1.807) is 16.2 Å². The van der Waals surface area contributed by atoms with Crippen molar-refractivity contribution in [3.05, 3.63) is 22.4 Å². The molecule has 6 heteroatoms. The lowest BCUT2D eigenvalue weighted by Crippen LogP contribution is -2.37. The number of hydrogen-bond donors (Lipinski definition) is 0. The predicted octanol–water partition coefficient (Wildman–Crippen LogP) is 0.579. The second-order valence-corrected chi connectivity index (χ2v) is 5.12. The van der Waals surface area contributed by atoms with Crippen LogP contribution in [-0.2, 0) is 11.8 Å². The van der Waals surface area contributed by atoms with Gasteiger partial charge in [0.2, 0.25) is 0 Å². The summed E-state index contributed by atoms with van der Waals surface area (Å²) >= 11 is 0. The van der Waals surface area contributed by atoms with Crippen molar-refractivity contribution in [1.82, 2.24) is 19.1 Å². The largest absolute Gasteiger partial charge is 0.377 e. The van der Waals surface area contributed by atoms with E-state index in [9.17, 15) is 4.79 Å². The molecule has 94 valence electrons. The maximum atomic E-state index is 12.2. The molecule has 6 nitrogen and oxygen atoms in total. The van der Waals surface area contributed by atoms with Gasteiger partial charge in [0, 0.05) is 13.0 Å². The van der Waals surface area contributed by atoms with Gasteiger partial charge in [-0.1, -0.05) is 0 Å². The Morgan fingerprint density at radius 2 is 2.11 bits per heavy atom. The van der Waals surface area contributed by atoms with Gasteiger partial charge >= 0.3 is 5.69 Å². The first kappa shape index (κ1) is 10.3. The second-order valence-electron chi connectivity index (χ2n) is 5.12. The highest BCUT2D eigenvalue weighted by Crippen LogP contribution is 2.39. The smallest absolute Gasteiger partial charge is 0.331 e.